The molecule has 36 heavy (non-hydrogen) atoms. The maximum Gasteiger partial charge on any atom is 0.336 e. The highest BCUT2D eigenvalue weighted by molar-refractivity contribution is 9.09. The number of nitrogens with one attached hydrogen (secondary N) is 1. The van der Waals surface area contributed by atoms with E-state index in [1.807, 2.05) is 6.07 Å². The lowest BCUT2D eigenvalue weighted by Crippen LogP contribution is -2.34. The predicted molar refractivity (Wildman–Crippen MR) is 144 cm³/mol. The monoisotopic (exact) mass is 555 g/mol. The second-order valence-electron chi connectivity index (χ2n) is 8.86. The van der Waals surface area contributed by atoms with Gasteiger partial charge >= 0.3 is 5.97 Å². The number of hydrogen-bond donors (Lipinski definition) is 2. The zero-order valence-corrected chi connectivity index (χ0v) is 22.3. The number of rotatable bonds is 14. The number of allylic oxidation sites excluding steroid dienone is 3. The molecule has 7 heteroatoms. The van der Waals surface area contributed by atoms with Crippen LogP contribution < -0.4 is 5.32 Å². The molecular weight excluding hydrogens is 522 g/mol. The van der Waals surface area contributed by atoms with Crippen LogP contribution in [0.5, 0.6) is 0 Å². The van der Waals surface area contributed by atoms with Gasteiger partial charge in [-0.3, -0.25) is 4.79 Å². The molecule has 1 unspecified atom stereocenters. The van der Waals surface area contributed by atoms with E-state index in [4.69, 9.17) is 9.47 Å². The molecule has 0 radical (unpaired) electrons. The smallest absolute Gasteiger partial charge is 0.336 e. The molecule has 0 bridgehead atoms. The minimum Gasteiger partial charge on any atom is -0.478 e. The first-order chi connectivity index (χ1) is 17.5. The Morgan fingerprint density at radius 1 is 0.972 bits per heavy atom. The Morgan fingerprint density at radius 3 is 2.42 bits per heavy atom. The van der Waals surface area contributed by atoms with Gasteiger partial charge in [-0.05, 0) is 42.5 Å². The van der Waals surface area contributed by atoms with E-state index in [1.54, 1.807) is 36.4 Å². The summed E-state index contributed by atoms with van der Waals surface area (Å²) >= 11 is 3.73. The number of benzene rings is 2. The molecule has 0 heterocycles. The van der Waals surface area contributed by atoms with Gasteiger partial charge < -0.3 is 19.9 Å². The SMILES string of the molecule is COCOC1=CC=C(C(=O)NCCCCCCCc2ccccc2)CC1(Br)c1ccccc1C(=O)O. The number of carboxylic acids is 1. The van der Waals surface area contributed by atoms with Gasteiger partial charge in [-0.15, -0.1) is 0 Å². The first kappa shape index (κ1) is 27.7. The first-order valence-electron chi connectivity index (χ1n) is 12.3. The normalized spacial score (nSPS) is 17.2. The van der Waals surface area contributed by atoms with Crippen molar-refractivity contribution in [3.8, 4) is 0 Å². The average Bonchev–Trinajstić information content (AvgIpc) is 2.90. The van der Waals surface area contributed by atoms with Crippen molar-refractivity contribution in [3.05, 3.63) is 94.8 Å². The van der Waals surface area contributed by atoms with Gasteiger partial charge in [-0.25, -0.2) is 4.79 Å². The Morgan fingerprint density at radius 2 is 1.67 bits per heavy atom. The van der Waals surface area contributed by atoms with Gasteiger partial charge in [0.1, 0.15) is 10.1 Å². The van der Waals surface area contributed by atoms with Crippen LogP contribution in [0.4, 0.5) is 0 Å². The van der Waals surface area contributed by atoms with Crippen LogP contribution in [-0.4, -0.2) is 37.4 Å². The topological polar surface area (TPSA) is 84.9 Å². The number of aromatic carboxylic acids is 1. The minimum absolute atomic E-state index is 0.00907. The molecule has 1 amide bonds. The summed E-state index contributed by atoms with van der Waals surface area (Å²) in [5.74, 6) is -0.706. The highest BCUT2D eigenvalue weighted by Gasteiger charge is 2.41. The Bertz CT molecular complexity index is 1080. The molecule has 0 saturated carbocycles. The van der Waals surface area contributed by atoms with Gasteiger partial charge in [0.15, 0.2) is 6.79 Å². The van der Waals surface area contributed by atoms with Crippen LogP contribution in [0.3, 0.4) is 0 Å². The van der Waals surface area contributed by atoms with Crippen LogP contribution in [-0.2, 0) is 25.0 Å². The largest absolute Gasteiger partial charge is 0.478 e. The standard InChI is InChI=1S/C29H34BrNO5/c1-35-21-36-26-18-17-23(20-29(26,30)25-16-10-9-15-24(25)28(33)34)27(32)31-19-11-4-2-3-6-12-22-13-7-5-8-14-22/h5,7-10,13-18H,2-4,6,11-12,19-21H2,1H3,(H,31,32)(H,33,34). The zero-order valence-electron chi connectivity index (χ0n) is 20.7. The van der Waals surface area contributed by atoms with Gasteiger partial charge in [-0.1, -0.05) is 89.8 Å². The van der Waals surface area contributed by atoms with E-state index in [9.17, 15) is 14.7 Å². The quantitative estimate of drug-likeness (QED) is 0.166. The second-order valence-corrected chi connectivity index (χ2v) is 10.2. The number of amides is 1. The molecule has 2 aromatic rings. The molecule has 2 N–H and O–H groups in total. The van der Waals surface area contributed by atoms with Crippen molar-refractivity contribution < 1.29 is 24.2 Å². The maximum absolute atomic E-state index is 12.9. The van der Waals surface area contributed by atoms with Gasteiger partial charge in [-0.2, -0.15) is 0 Å². The first-order valence-corrected chi connectivity index (χ1v) is 13.1. The van der Waals surface area contributed by atoms with Crippen LogP contribution in [0.15, 0.2) is 78.1 Å². The molecular formula is C29H34BrNO5. The van der Waals surface area contributed by atoms with Gasteiger partial charge in [0, 0.05) is 25.6 Å². The minimum atomic E-state index is -1.04. The van der Waals surface area contributed by atoms with E-state index >= 15 is 0 Å². The number of unbranched alkanes of at least 4 members (excludes halogenated alkanes) is 4. The number of carboxylic acid groups (broad SMARTS) is 1. The predicted octanol–water partition coefficient (Wildman–Crippen LogP) is 6.12. The highest BCUT2D eigenvalue weighted by atomic mass is 79.9. The third-order valence-electron chi connectivity index (χ3n) is 6.24. The Hall–Kier alpha value is -2.90. The molecule has 0 spiro atoms. The van der Waals surface area contributed by atoms with Crippen LogP contribution in [0, 0.1) is 0 Å². The summed E-state index contributed by atoms with van der Waals surface area (Å²) in [6.07, 6.45) is 10.3. The molecule has 192 valence electrons. The summed E-state index contributed by atoms with van der Waals surface area (Å²) in [6, 6.07) is 17.3. The number of methoxy groups -OCH3 is 1. The van der Waals surface area contributed by atoms with Crippen LogP contribution in [0.1, 0.15) is 60.0 Å². The van der Waals surface area contributed by atoms with Crippen molar-refractivity contribution in [1.29, 1.82) is 0 Å². The van der Waals surface area contributed by atoms with Crippen molar-refractivity contribution in [2.24, 2.45) is 0 Å². The summed E-state index contributed by atoms with van der Waals surface area (Å²) in [6.45, 7) is 0.613. The highest BCUT2D eigenvalue weighted by Crippen LogP contribution is 2.48. The fourth-order valence-corrected chi connectivity index (χ4v) is 5.24. The van der Waals surface area contributed by atoms with Crippen molar-refractivity contribution in [1.82, 2.24) is 5.32 Å². The summed E-state index contributed by atoms with van der Waals surface area (Å²) in [5.41, 5.74) is 2.60. The molecule has 2 aromatic carbocycles. The maximum atomic E-state index is 12.9. The molecule has 0 saturated heterocycles. The molecule has 0 fully saturated rings. The van der Waals surface area contributed by atoms with Crippen molar-refractivity contribution in [3.63, 3.8) is 0 Å². The Labute approximate surface area is 221 Å². The van der Waals surface area contributed by atoms with Crippen LogP contribution >= 0.6 is 15.9 Å². The third-order valence-corrected chi connectivity index (χ3v) is 7.34. The molecule has 1 aliphatic rings. The average molecular weight is 556 g/mol. The number of alkyl halides is 1. The molecule has 0 aliphatic heterocycles. The van der Waals surface area contributed by atoms with Gasteiger partial charge in [0.05, 0.1) is 5.56 Å². The summed E-state index contributed by atoms with van der Waals surface area (Å²) in [4.78, 5) is 24.8. The fraction of sp³-hybridized carbons (Fsp3) is 0.379. The number of halogens is 1. The zero-order chi connectivity index (χ0) is 25.8. The summed E-state index contributed by atoms with van der Waals surface area (Å²) < 4.78 is 9.81. The van der Waals surface area contributed by atoms with Crippen molar-refractivity contribution >= 4 is 27.8 Å². The van der Waals surface area contributed by atoms with E-state index in [0.29, 0.717) is 23.4 Å². The lowest BCUT2D eigenvalue weighted by atomic mass is 9.83. The lowest BCUT2D eigenvalue weighted by molar-refractivity contribution is -0.117. The second kappa shape index (κ2) is 14.0. The Balaban J connectivity index is 1.53. The van der Waals surface area contributed by atoms with E-state index in [2.05, 4.69) is 45.5 Å². The fourth-order valence-electron chi connectivity index (χ4n) is 4.35. The molecule has 3 rings (SSSR count). The number of carbonyl (C=O) groups is 2. The molecule has 6 nitrogen and oxygen atoms in total. The van der Waals surface area contributed by atoms with E-state index in [1.165, 1.54) is 25.5 Å². The molecule has 0 aromatic heterocycles. The molecule has 1 aliphatic carbocycles. The van der Waals surface area contributed by atoms with E-state index < -0.39 is 10.3 Å². The van der Waals surface area contributed by atoms with Gasteiger partial charge in [0.25, 0.3) is 0 Å². The van der Waals surface area contributed by atoms with E-state index in [-0.39, 0.29) is 24.7 Å². The number of aryl methyl sites for hydroxylation is 1. The van der Waals surface area contributed by atoms with Crippen molar-refractivity contribution in [2.45, 2.75) is 49.3 Å². The summed E-state index contributed by atoms with van der Waals surface area (Å²) in [5, 5.41) is 12.7. The Kier molecular flexibility index (Phi) is 10.8. The van der Waals surface area contributed by atoms with Gasteiger partial charge in [0.2, 0.25) is 5.91 Å². The van der Waals surface area contributed by atoms with Crippen LogP contribution in [0.2, 0.25) is 0 Å². The van der Waals surface area contributed by atoms with Crippen molar-refractivity contribution in [2.75, 3.05) is 20.4 Å². The van der Waals surface area contributed by atoms with E-state index in [0.717, 1.165) is 25.7 Å². The number of hydrogen-bond acceptors (Lipinski definition) is 4. The van der Waals surface area contributed by atoms with Crippen LogP contribution in [0.25, 0.3) is 0 Å². The lowest BCUT2D eigenvalue weighted by Gasteiger charge is -2.34. The number of ether oxygens (including phenoxy) is 2. The third kappa shape index (κ3) is 7.55. The summed E-state index contributed by atoms with van der Waals surface area (Å²) in [7, 11) is 1.52. The molecule has 1 atom stereocenters. The number of carbonyl (C=O) groups excluding carboxylic acids is 1.